The van der Waals surface area contributed by atoms with E-state index in [1.54, 1.807) is 7.11 Å². The van der Waals surface area contributed by atoms with E-state index in [0.29, 0.717) is 0 Å². The molecule has 0 aromatic carbocycles. The van der Waals surface area contributed by atoms with Crippen molar-refractivity contribution in [3.8, 4) is 0 Å². The van der Waals surface area contributed by atoms with E-state index >= 15 is 0 Å². The molecule has 0 bridgehead atoms. The summed E-state index contributed by atoms with van der Waals surface area (Å²) in [6.45, 7) is 4.98. The molecule has 0 aliphatic carbocycles. The quantitative estimate of drug-likeness (QED) is 0.748. The summed E-state index contributed by atoms with van der Waals surface area (Å²) in [5, 5.41) is 2.91. The second-order valence-corrected chi connectivity index (χ2v) is 4.63. The molecule has 1 amide bonds. The van der Waals surface area contributed by atoms with Crippen LogP contribution in [0, 0.1) is 5.92 Å². The normalized spacial score (nSPS) is 23.4. The van der Waals surface area contributed by atoms with Gasteiger partial charge in [-0.05, 0) is 39.5 Å². The zero-order chi connectivity index (χ0) is 10.6. The molecule has 82 valence electrons. The molecule has 0 spiro atoms. The van der Waals surface area contributed by atoms with Crippen molar-refractivity contribution in [2.45, 2.75) is 45.1 Å². The zero-order valence-electron chi connectivity index (χ0n) is 9.43. The van der Waals surface area contributed by atoms with Crippen LogP contribution >= 0.6 is 0 Å². The lowest BCUT2D eigenvalue weighted by molar-refractivity contribution is -0.127. The van der Waals surface area contributed by atoms with Crippen LogP contribution in [0.25, 0.3) is 0 Å². The summed E-state index contributed by atoms with van der Waals surface area (Å²) in [6.07, 6.45) is 4.03. The van der Waals surface area contributed by atoms with Crippen LogP contribution < -0.4 is 5.32 Å². The maximum absolute atomic E-state index is 11.4. The van der Waals surface area contributed by atoms with Crippen LogP contribution in [0.2, 0.25) is 0 Å². The third kappa shape index (κ3) is 3.29. The first kappa shape index (κ1) is 11.5. The Hall–Kier alpha value is -0.570. The van der Waals surface area contributed by atoms with Gasteiger partial charge in [-0.1, -0.05) is 0 Å². The number of piperidine rings is 1. The summed E-state index contributed by atoms with van der Waals surface area (Å²) in [6, 6.07) is 0. The van der Waals surface area contributed by atoms with Gasteiger partial charge in [-0.3, -0.25) is 4.79 Å². The molecular formula is C11H21NO2. The fraction of sp³-hybridized carbons (Fsp3) is 0.909. The number of hydrogen-bond acceptors (Lipinski definition) is 2. The lowest BCUT2D eigenvalue weighted by Crippen LogP contribution is -2.37. The van der Waals surface area contributed by atoms with Crippen LogP contribution in [-0.4, -0.2) is 25.2 Å². The van der Waals surface area contributed by atoms with E-state index in [0.717, 1.165) is 32.2 Å². The molecule has 3 nitrogen and oxygen atoms in total. The predicted octanol–water partition coefficient (Wildman–Crippen LogP) is 1.72. The molecule has 0 aromatic heterocycles. The number of amides is 1. The van der Waals surface area contributed by atoms with Crippen LogP contribution in [-0.2, 0) is 9.53 Å². The van der Waals surface area contributed by atoms with Crippen molar-refractivity contribution < 1.29 is 9.53 Å². The number of hydrogen-bond donors (Lipinski definition) is 1. The van der Waals surface area contributed by atoms with Crippen LogP contribution in [0.1, 0.15) is 39.5 Å². The minimum absolute atomic E-state index is 0.0995. The average molecular weight is 199 g/mol. The van der Waals surface area contributed by atoms with Crippen molar-refractivity contribution in [2.24, 2.45) is 5.92 Å². The third-order valence-corrected chi connectivity index (χ3v) is 3.05. The van der Waals surface area contributed by atoms with Gasteiger partial charge in [-0.25, -0.2) is 0 Å². The van der Waals surface area contributed by atoms with Gasteiger partial charge < -0.3 is 10.1 Å². The van der Waals surface area contributed by atoms with E-state index in [2.05, 4.69) is 19.2 Å². The Labute approximate surface area is 86.2 Å². The van der Waals surface area contributed by atoms with Crippen LogP contribution in [0.15, 0.2) is 0 Å². The molecule has 1 saturated heterocycles. The topological polar surface area (TPSA) is 38.3 Å². The van der Waals surface area contributed by atoms with Gasteiger partial charge in [0.15, 0.2) is 0 Å². The highest BCUT2D eigenvalue weighted by molar-refractivity contribution is 5.79. The predicted molar refractivity (Wildman–Crippen MR) is 56.1 cm³/mol. The highest BCUT2D eigenvalue weighted by Crippen LogP contribution is 2.23. The molecule has 1 aliphatic heterocycles. The minimum Gasteiger partial charge on any atom is -0.379 e. The molecule has 1 heterocycles. The van der Waals surface area contributed by atoms with E-state index in [1.165, 1.54) is 0 Å². The second kappa shape index (κ2) is 4.78. The smallest absolute Gasteiger partial charge is 0.223 e. The molecule has 0 saturated carbocycles. The van der Waals surface area contributed by atoms with Gasteiger partial charge in [0.05, 0.1) is 5.60 Å². The molecule has 1 atom stereocenters. The SMILES string of the molecule is COC(C)(C)CCC1CCCNC1=O. The molecular weight excluding hydrogens is 178 g/mol. The Morgan fingerprint density at radius 3 is 2.86 bits per heavy atom. The minimum atomic E-state index is -0.0995. The molecule has 3 heteroatoms. The molecule has 1 N–H and O–H groups in total. The maximum Gasteiger partial charge on any atom is 0.223 e. The van der Waals surface area contributed by atoms with Crippen molar-refractivity contribution in [1.29, 1.82) is 0 Å². The molecule has 1 unspecified atom stereocenters. The molecule has 0 aromatic rings. The van der Waals surface area contributed by atoms with Crippen molar-refractivity contribution in [3.63, 3.8) is 0 Å². The molecule has 1 rings (SSSR count). The van der Waals surface area contributed by atoms with E-state index in [4.69, 9.17) is 4.74 Å². The number of nitrogens with one attached hydrogen (secondary N) is 1. The standard InChI is InChI=1S/C11H21NO2/c1-11(2,14-3)7-6-9-5-4-8-12-10(9)13/h9H,4-8H2,1-3H3,(H,12,13). The lowest BCUT2D eigenvalue weighted by atomic mass is 9.89. The monoisotopic (exact) mass is 199 g/mol. The van der Waals surface area contributed by atoms with E-state index in [1.807, 2.05) is 0 Å². The van der Waals surface area contributed by atoms with Gasteiger partial charge in [0, 0.05) is 19.6 Å². The third-order valence-electron chi connectivity index (χ3n) is 3.05. The number of methoxy groups -OCH3 is 1. The second-order valence-electron chi connectivity index (χ2n) is 4.63. The number of rotatable bonds is 4. The molecule has 14 heavy (non-hydrogen) atoms. The van der Waals surface area contributed by atoms with Gasteiger partial charge in [-0.15, -0.1) is 0 Å². The Kier molecular flexibility index (Phi) is 3.93. The van der Waals surface area contributed by atoms with Crippen LogP contribution in [0.3, 0.4) is 0 Å². The van der Waals surface area contributed by atoms with Crippen LogP contribution in [0.4, 0.5) is 0 Å². The van der Waals surface area contributed by atoms with Crippen molar-refractivity contribution in [3.05, 3.63) is 0 Å². The van der Waals surface area contributed by atoms with Crippen molar-refractivity contribution >= 4 is 5.91 Å². The van der Waals surface area contributed by atoms with Gasteiger partial charge in [0.25, 0.3) is 0 Å². The number of carbonyl (C=O) groups is 1. The summed E-state index contributed by atoms with van der Waals surface area (Å²) in [5.74, 6) is 0.432. The van der Waals surface area contributed by atoms with Crippen LogP contribution in [0.5, 0.6) is 0 Å². The van der Waals surface area contributed by atoms with Crippen molar-refractivity contribution in [2.75, 3.05) is 13.7 Å². The first-order chi connectivity index (χ1) is 6.55. The molecule has 1 aliphatic rings. The van der Waals surface area contributed by atoms with Crippen molar-refractivity contribution in [1.82, 2.24) is 5.32 Å². The molecule has 1 fully saturated rings. The van der Waals surface area contributed by atoms with Gasteiger partial charge in [0.2, 0.25) is 5.91 Å². The zero-order valence-corrected chi connectivity index (χ0v) is 9.43. The Bertz CT molecular complexity index is 201. The summed E-state index contributed by atoms with van der Waals surface area (Å²) >= 11 is 0. The lowest BCUT2D eigenvalue weighted by Gasteiger charge is -2.27. The fourth-order valence-corrected chi connectivity index (χ4v) is 1.73. The summed E-state index contributed by atoms with van der Waals surface area (Å²) < 4.78 is 5.33. The van der Waals surface area contributed by atoms with E-state index in [9.17, 15) is 4.79 Å². The van der Waals surface area contributed by atoms with Gasteiger partial charge in [-0.2, -0.15) is 0 Å². The number of ether oxygens (including phenoxy) is 1. The Balaban J connectivity index is 2.33. The first-order valence-electron chi connectivity index (χ1n) is 5.38. The highest BCUT2D eigenvalue weighted by atomic mass is 16.5. The summed E-state index contributed by atoms with van der Waals surface area (Å²) in [4.78, 5) is 11.4. The van der Waals surface area contributed by atoms with E-state index in [-0.39, 0.29) is 17.4 Å². The summed E-state index contributed by atoms with van der Waals surface area (Å²) in [7, 11) is 1.72. The largest absolute Gasteiger partial charge is 0.379 e. The maximum atomic E-state index is 11.4. The molecule has 0 radical (unpaired) electrons. The van der Waals surface area contributed by atoms with Gasteiger partial charge >= 0.3 is 0 Å². The Morgan fingerprint density at radius 2 is 2.29 bits per heavy atom. The van der Waals surface area contributed by atoms with E-state index < -0.39 is 0 Å². The number of carbonyl (C=O) groups excluding carboxylic acids is 1. The Morgan fingerprint density at radius 1 is 1.57 bits per heavy atom. The highest BCUT2D eigenvalue weighted by Gasteiger charge is 2.25. The average Bonchev–Trinajstić information content (AvgIpc) is 2.17. The fourth-order valence-electron chi connectivity index (χ4n) is 1.73. The van der Waals surface area contributed by atoms with Gasteiger partial charge in [0.1, 0.15) is 0 Å². The summed E-state index contributed by atoms with van der Waals surface area (Å²) in [5.41, 5.74) is -0.0995. The first-order valence-corrected chi connectivity index (χ1v) is 5.38.